The van der Waals surface area contributed by atoms with Crippen molar-refractivity contribution in [2.24, 2.45) is 0 Å². The van der Waals surface area contributed by atoms with Crippen molar-refractivity contribution in [3.8, 4) is 0 Å². The highest BCUT2D eigenvalue weighted by Crippen LogP contribution is 1.86. The van der Waals surface area contributed by atoms with E-state index in [0.29, 0.717) is 6.54 Å². The summed E-state index contributed by atoms with van der Waals surface area (Å²) in [4.78, 5) is 20.9. The lowest BCUT2D eigenvalue weighted by atomic mass is 10.4. The average molecular weight is 158 g/mol. The molecule has 0 fully saturated rings. The first-order valence-electron chi connectivity index (χ1n) is 3.38. The second kappa shape index (κ2) is 5.70. The molecule has 11 heavy (non-hydrogen) atoms. The minimum atomic E-state index is -0.332. The Hall–Kier alpha value is -1.06. The fraction of sp³-hybridized carbons (Fsp3) is 0.571. The number of esters is 1. The van der Waals surface area contributed by atoms with Gasteiger partial charge in [-0.25, -0.2) is 0 Å². The molecule has 63 valence electrons. The van der Waals surface area contributed by atoms with E-state index in [9.17, 15) is 9.59 Å². The molecule has 0 aromatic carbocycles. The molecule has 0 rings (SSSR count). The van der Waals surface area contributed by atoms with Gasteiger partial charge in [-0.2, -0.15) is 0 Å². The smallest absolute Gasteiger partial charge is 0.307 e. The van der Waals surface area contributed by atoms with Crippen molar-refractivity contribution >= 4 is 11.9 Å². The highest BCUT2D eigenvalue weighted by Gasteiger charge is 2.00. The molecule has 0 atom stereocenters. The second-order valence-corrected chi connectivity index (χ2v) is 1.96. The Balaban J connectivity index is 3.24. The van der Waals surface area contributed by atoms with E-state index in [1.807, 2.05) is 0 Å². The number of hydrogen-bond acceptors (Lipinski definition) is 3. The topological polar surface area (TPSA) is 55.4 Å². The monoisotopic (exact) mass is 158 g/mol. The van der Waals surface area contributed by atoms with Gasteiger partial charge in [-0.05, 0) is 6.92 Å². The zero-order valence-electron chi connectivity index (χ0n) is 6.72. The molecule has 1 N–H and O–H groups in total. The predicted molar refractivity (Wildman–Crippen MR) is 39.4 cm³/mol. The lowest BCUT2D eigenvalue weighted by molar-refractivity contribution is -0.139. The number of carbonyl (C=O) groups excluding carboxylic acids is 2. The summed E-state index contributed by atoms with van der Waals surface area (Å²) in [5.41, 5.74) is 0. The van der Waals surface area contributed by atoms with Gasteiger partial charge in [-0.15, -0.1) is 0 Å². The maximum atomic E-state index is 10.6. The van der Waals surface area contributed by atoms with Crippen LogP contribution in [0, 0.1) is 6.61 Å². The summed E-state index contributed by atoms with van der Waals surface area (Å²) in [5.74, 6) is -0.473. The van der Waals surface area contributed by atoms with Gasteiger partial charge in [-0.3, -0.25) is 9.59 Å². The van der Waals surface area contributed by atoms with Gasteiger partial charge in [0.25, 0.3) is 0 Å². The average Bonchev–Trinajstić information content (AvgIpc) is 1.87. The van der Waals surface area contributed by atoms with Gasteiger partial charge >= 0.3 is 5.97 Å². The van der Waals surface area contributed by atoms with Crippen LogP contribution in [-0.4, -0.2) is 18.4 Å². The van der Waals surface area contributed by atoms with Crippen molar-refractivity contribution in [1.82, 2.24) is 5.32 Å². The number of ether oxygens (including phenoxy) is 1. The summed E-state index contributed by atoms with van der Waals surface area (Å²) in [7, 11) is 0. The van der Waals surface area contributed by atoms with Crippen LogP contribution in [0.1, 0.15) is 20.3 Å². The first-order valence-corrected chi connectivity index (χ1v) is 3.38. The van der Waals surface area contributed by atoms with Crippen LogP contribution in [0.3, 0.4) is 0 Å². The molecule has 0 bridgehead atoms. The van der Waals surface area contributed by atoms with E-state index < -0.39 is 0 Å². The third kappa shape index (κ3) is 6.83. The maximum Gasteiger partial charge on any atom is 0.307 e. The highest BCUT2D eigenvalue weighted by molar-refractivity contribution is 5.74. The Morgan fingerprint density at radius 2 is 2.18 bits per heavy atom. The number of carbonyl (C=O) groups is 2. The molecule has 0 aromatic rings. The fourth-order valence-corrected chi connectivity index (χ4v) is 0.531. The minimum absolute atomic E-state index is 0.140. The molecule has 1 amide bonds. The van der Waals surface area contributed by atoms with Gasteiger partial charge in [0.2, 0.25) is 5.91 Å². The summed E-state index contributed by atoms with van der Waals surface area (Å²) in [6.45, 7) is 4.67. The molecule has 0 unspecified atom stereocenters. The Morgan fingerprint density at radius 1 is 1.55 bits per heavy atom. The van der Waals surface area contributed by atoms with Gasteiger partial charge in [-0.1, -0.05) is 0 Å². The molecule has 1 radical (unpaired) electrons. The minimum Gasteiger partial charge on any atom is -0.459 e. The third-order valence-electron chi connectivity index (χ3n) is 0.952. The lowest BCUT2D eigenvalue weighted by Crippen LogP contribution is -2.23. The third-order valence-corrected chi connectivity index (χ3v) is 0.952. The quantitative estimate of drug-likeness (QED) is 0.596. The fourth-order valence-electron chi connectivity index (χ4n) is 0.531. The largest absolute Gasteiger partial charge is 0.459 e. The highest BCUT2D eigenvalue weighted by atomic mass is 16.5. The van der Waals surface area contributed by atoms with Crippen molar-refractivity contribution in [3.63, 3.8) is 0 Å². The van der Waals surface area contributed by atoms with Crippen molar-refractivity contribution in [1.29, 1.82) is 0 Å². The van der Waals surface area contributed by atoms with E-state index in [1.165, 1.54) is 13.5 Å². The van der Waals surface area contributed by atoms with E-state index in [2.05, 4.69) is 10.1 Å². The molecular weight excluding hydrogens is 146 g/mol. The zero-order valence-corrected chi connectivity index (χ0v) is 6.72. The van der Waals surface area contributed by atoms with Crippen molar-refractivity contribution in [2.45, 2.75) is 20.3 Å². The van der Waals surface area contributed by atoms with E-state index in [-0.39, 0.29) is 18.3 Å². The Morgan fingerprint density at radius 3 is 2.64 bits per heavy atom. The lowest BCUT2D eigenvalue weighted by Gasteiger charge is -2.00. The molecule has 0 saturated heterocycles. The van der Waals surface area contributed by atoms with Crippen LogP contribution in [0.15, 0.2) is 0 Å². The van der Waals surface area contributed by atoms with Crippen LogP contribution >= 0.6 is 0 Å². The van der Waals surface area contributed by atoms with Gasteiger partial charge in [0.1, 0.15) is 6.61 Å². The van der Waals surface area contributed by atoms with E-state index in [0.717, 1.165) is 0 Å². The van der Waals surface area contributed by atoms with Crippen LogP contribution in [0.2, 0.25) is 0 Å². The van der Waals surface area contributed by atoms with E-state index in [1.54, 1.807) is 6.92 Å². The molecule has 0 saturated carbocycles. The normalized spacial score (nSPS) is 8.91. The molecule has 4 nitrogen and oxygen atoms in total. The molecule has 0 heterocycles. The molecule has 0 aromatic heterocycles. The summed E-state index contributed by atoms with van der Waals surface area (Å²) < 4.78 is 4.51. The van der Waals surface area contributed by atoms with Crippen LogP contribution in [0.4, 0.5) is 0 Å². The standard InChI is InChI=1S/C7H12NO3/c1-3-11-7(10)4-5-8-6(2)9/h3H,4-5H2,1-2H3,(H,8,9). The SMILES string of the molecule is C[CH]OC(=O)CCNC(C)=O. The second-order valence-electron chi connectivity index (χ2n) is 1.96. The molecule has 4 heteroatoms. The summed E-state index contributed by atoms with van der Waals surface area (Å²) in [6.07, 6.45) is 0.212. The van der Waals surface area contributed by atoms with Gasteiger partial charge in [0.05, 0.1) is 6.42 Å². The summed E-state index contributed by atoms with van der Waals surface area (Å²) in [5, 5.41) is 2.48. The Bertz CT molecular complexity index is 145. The molecular formula is C7H12NO3. The van der Waals surface area contributed by atoms with Crippen molar-refractivity contribution in [2.75, 3.05) is 6.54 Å². The van der Waals surface area contributed by atoms with E-state index >= 15 is 0 Å². The molecule has 0 spiro atoms. The van der Waals surface area contributed by atoms with Crippen molar-refractivity contribution in [3.05, 3.63) is 6.61 Å². The maximum absolute atomic E-state index is 10.6. The van der Waals surface area contributed by atoms with Gasteiger partial charge in [0.15, 0.2) is 0 Å². The molecule has 0 aliphatic carbocycles. The zero-order chi connectivity index (χ0) is 8.69. The van der Waals surface area contributed by atoms with Crippen LogP contribution in [-0.2, 0) is 14.3 Å². The number of hydrogen-bond donors (Lipinski definition) is 1. The van der Waals surface area contributed by atoms with Gasteiger partial charge < -0.3 is 10.1 Å². The molecule has 0 aliphatic heterocycles. The Kier molecular flexibility index (Phi) is 5.15. The number of nitrogens with one attached hydrogen (secondary N) is 1. The Labute approximate surface area is 65.9 Å². The van der Waals surface area contributed by atoms with Crippen LogP contribution < -0.4 is 5.32 Å². The number of amides is 1. The predicted octanol–water partition coefficient (Wildman–Crippen LogP) is 0.237. The van der Waals surface area contributed by atoms with Crippen LogP contribution in [0.25, 0.3) is 0 Å². The number of rotatable bonds is 4. The first kappa shape index (κ1) is 9.94. The van der Waals surface area contributed by atoms with Crippen LogP contribution in [0.5, 0.6) is 0 Å². The van der Waals surface area contributed by atoms with Gasteiger partial charge in [0, 0.05) is 13.5 Å². The van der Waals surface area contributed by atoms with E-state index in [4.69, 9.17) is 0 Å². The summed E-state index contributed by atoms with van der Waals surface area (Å²) in [6, 6.07) is 0. The molecule has 0 aliphatic rings. The summed E-state index contributed by atoms with van der Waals surface area (Å²) >= 11 is 0. The van der Waals surface area contributed by atoms with Crippen molar-refractivity contribution < 1.29 is 14.3 Å². The first-order chi connectivity index (χ1) is 5.16.